The fraction of sp³-hybridized carbons (Fsp3) is 0.333. The van der Waals surface area contributed by atoms with E-state index >= 15 is 0 Å². The second-order valence-corrected chi connectivity index (χ2v) is 7.36. The highest BCUT2D eigenvalue weighted by Crippen LogP contribution is 2.33. The Bertz CT molecular complexity index is 887. The average molecular weight is 399 g/mol. The maximum Gasteiger partial charge on any atom is 0.260 e. The van der Waals surface area contributed by atoms with Crippen molar-refractivity contribution in [1.82, 2.24) is 14.9 Å². The first-order chi connectivity index (χ1) is 13.9. The smallest absolute Gasteiger partial charge is 0.260 e. The predicted octanol–water partition coefficient (Wildman–Crippen LogP) is 2.40. The highest BCUT2D eigenvalue weighted by atomic mass is 19.1. The van der Waals surface area contributed by atoms with Gasteiger partial charge in [0.1, 0.15) is 5.56 Å². The van der Waals surface area contributed by atoms with Gasteiger partial charge in [0.25, 0.3) is 5.91 Å². The molecule has 2 heterocycles. The highest BCUT2D eigenvalue weighted by Gasteiger charge is 2.32. The van der Waals surface area contributed by atoms with E-state index in [9.17, 15) is 9.18 Å². The molecule has 0 radical (unpaired) electrons. The molecule has 0 bridgehead atoms. The van der Waals surface area contributed by atoms with Gasteiger partial charge in [0.15, 0.2) is 0 Å². The van der Waals surface area contributed by atoms with Crippen molar-refractivity contribution in [3.05, 3.63) is 71.5 Å². The second kappa shape index (κ2) is 8.91. The lowest BCUT2D eigenvalue weighted by molar-refractivity contribution is 0.0789. The van der Waals surface area contributed by atoms with E-state index in [1.54, 1.807) is 36.4 Å². The third-order valence-corrected chi connectivity index (χ3v) is 4.74. The van der Waals surface area contributed by atoms with Gasteiger partial charge in [-0.05, 0) is 41.5 Å². The Morgan fingerprint density at radius 3 is 2.90 bits per heavy atom. The van der Waals surface area contributed by atoms with Gasteiger partial charge >= 0.3 is 0 Å². The molecule has 29 heavy (non-hydrogen) atoms. The van der Waals surface area contributed by atoms with Crippen molar-refractivity contribution in [1.29, 1.82) is 0 Å². The molecular formula is C21H26FN5O2. The van der Waals surface area contributed by atoms with Crippen LogP contribution in [-0.2, 0) is 6.54 Å². The summed E-state index contributed by atoms with van der Waals surface area (Å²) >= 11 is 0. The molecule has 4 N–H and O–H groups in total. The molecule has 7 nitrogen and oxygen atoms in total. The van der Waals surface area contributed by atoms with Gasteiger partial charge in [0.05, 0.1) is 18.6 Å². The number of carbonyl (C=O) groups excluding carboxylic acids is 1. The largest absolute Gasteiger partial charge is 0.477 e. The van der Waals surface area contributed by atoms with Gasteiger partial charge in [0, 0.05) is 32.5 Å². The molecule has 1 amide bonds. The summed E-state index contributed by atoms with van der Waals surface area (Å²) < 4.78 is 19.2. The van der Waals surface area contributed by atoms with Crippen molar-refractivity contribution >= 4 is 5.91 Å². The Labute approximate surface area is 169 Å². The lowest BCUT2D eigenvalue weighted by atomic mass is 10.1. The summed E-state index contributed by atoms with van der Waals surface area (Å²) in [5.74, 6) is 6.22. The number of ether oxygens (including phenoxy) is 1. The van der Waals surface area contributed by atoms with Crippen LogP contribution in [-0.4, -0.2) is 41.0 Å². The number of amides is 1. The van der Waals surface area contributed by atoms with Crippen LogP contribution in [0.15, 0.2) is 60.4 Å². The standard InChI is InChI=1S/C21H26FN5O2/c1-14(18(23)12-26(2)24)3-4-16(9-22)10-27-11-17-7-8-25-20(19(17)21(27)28)29-13-15-5-6-15/h3-4,7-9,12,15H,1,5-6,10-11,13,23-24H2,2H3/b4-3-,16-9-,18-12-. The van der Waals surface area contributed by atoms with Crippen molar-refractivity contribution in [3.63, 3.8) is 0 Å². The number of pyridine rings is 1. The number of hydrazine groups is 1. The molecular weight excluding hydrogens is 373 g/mol. The molecule has 2 aliphatic rings. The van der Waals surface area contributed by atoms with E-state index in [0.717, 1.165) is 18.4 Å². The van der Waals surface area contributed by atoms with Crippen LogP contribution in [0.25, 0.3) is 0 Å². The van der Waals surface area contributed by atoms with E-state index in [0.29, 0.717) is 53.7 Å². The van der Waals surface area contributed by atoms with E-state index in [2.05, 4.69) is 11.6 Å². The number of hydrogen-bond donors (Lipinski definition) is 2. The lowest BCUT2D eigenvalue weighted by Crippen LogP contribution is -2.26. The number of nitrogens with two attached hydrogens (primary N) is 2. The van der Waals surface area contributed by atoms with E-state index in [4.69, 9.17) is 16.3 Å². The normalized spacial score (nSPS) is 17.1. The summed E-state index contributed by atoms with van der Waals surface area (Å²) in [6, 6.07) is 1.79. The topological polar surface area (TPSA) is 97.7 Å². The zero-order chi connectivity index (χ0) is 21.0. The molecule has 1 aromatic rings. The average Bonchev–Trinajstić information content (AvgIpc) is 3.46. The summed E-state index contributed by atoms with van der Waals surface area (Å²) in [5, 5.41) is 1.30. The molecule has 3 rings (SSSR count). The molecule has 1 aliphatic heterocycles. The quantitative estimate of drug-likeness (QED) is 0.376. The summed E-state index contributed by atoms with van der Waals surface area (Å²) in [7, 11) is 1.63. The van der Waals surface area contributed by atoms with Gasteiger partial charge in [-0.2, -0.15) is 0 Å². The Hall–Kier alpha value is -3.13. The molecule has 0 saturated heterocycles. The number of carbonyl (C=O) groups is 1. The molecule has 0 atom stereocenters. The zero-order valence-corrected chi connectivity index (χ0v) is 16.5. The zero-order valence-electron chi connectivity index (χ0n) is 16.5. The molecule has 1 aliphatic carbocycles. The highest BCUT2D eigenvalue weighted by molar-refractivity contribution is 6.00. The SMILES string of the molecule is C=C(/C=C\C(=C\F)CN1Cc2ccnc(OCC3CC3)c2C1=O)/C(N)=C/N(C)N. The summed E-state index contributed by atoms with van der Waals surface area (Å²) in [5.41, 5.74) is 8.31. The summed E-state index contributed by atoms with van der Waals surface area (Å²) in [6.45, 7) is 4.89. The minimum atomic E-state index is -0.213. The van der Waals surface area contributed by atoms with Crippen LogP contribution in [0.3, 0.4) is 0 Å². The van der Waals surface area contributed by atoms with Crippen LogP contribution < -0.4 is 16.3 Å². The fourth-order valence-corrected chi connectivity index (χ4v) is 2.94. The minimum Gasteiger partial charge on any atom is -0.477 e. The van der Waals surface area contributed by atoms with E-state index in [1.165, 1.54) is 11.2 Å². The van der Waals surface area contributed by atoms with Gasteiger partial charge < -0.3 is 20.4 Å². The van der Waals surface area contributed by atoms with Gasteiger partial charge in [-0.1, -0.05) is 18.7 Å². The Kier molecular flexibility index (Phi) is 6.33. The number of halogens is 1. The second-order valence-electron chi connectivity index (χ2n) is 7.36. The van der Waals surface area contributed by atoms with Crippen LogP contribution >= 0.6 is 0 Å². The van der Waals surface area contributed by atoms with Gasteiger partial charge in [-0.25, -0.2) is 15.2 Å². The first kappa shape index (κ1) is 20.6. The summed E-state index contributed by atoms with van der Waals surface area (Å²) in [4.78, 5) is 18.6. The number of aromatic nitrogens is 1. The van der Waals surface area contributed by atoms with Crippen molar-refractivity contribution in [2.45, 2.75) is 19.4 Å². The Balaban J connectivity index is 1.66. The Morgan fingerprint density at radius 2 is 2.24 bits per heavy atom. The summed E-state index contributed by atoms with van der Waals surface area (Å²) in [6.07, 6.45) is 9.04. The van der Waals surface area contributed by atoms with Crippen LogP contribution in [0, 0.1) is 5.92 Å². The third kappa shape index (κ3) is 5.23. The number of fused-ring (bicyclic) bond motifs is 1. The molecule has 1 fully saturated rings. The Morgan fingerprint density at radius 1 is 1.48 bits per heavy atom. The number of rotatable bonds is 9. The first-order valence-electron chi connectivity index (χ1n) is 9.40. The van der Waals surface area contributed by atoms with Crippen LogP contribution in [0.1, 0.15) is 28.8 Å². The fourth-order valence-electron chi connectivity index (χ4n) is 2.94. The minimum absolute atomic E-state index is 0.107. The molecule has 0 aromatic carbocycles. The third-order valence-electron chi connectivity index (χ3n) is 4.74. The molecule has 0 unspecified atom stereocenters. The van der Waals surface area contributed by atoms with E-state index in [1.807, 2.05) is 0 Å². The van der Waals surface area contributed by atoms with E-state index < -0.39 is 0 Å². The first-order valence-corrected chi connectivity index (χ1v) is 9.40. The van der Waals surface area contributed by atoms with Gasteiger partial charge in [-0.3, -0.25) is 4.79 Å². The maximum atomic E-state index is 13.4. The molecule has 1 aromatic heterocycles. The molecule has 1 saturated carbocycles. The van der Waals surface area contributed by atoms with Crippen LogP contribution in [0.5, 0.6) is 5.88 Å². The molecule has 154 valence electrons. The number of hydrogen-bond acceptors (Lipinski definition) is 6. The van der Waals surface area contributed by atoms with E-state index in [-0.39, 0.29) is 12.5 Å². The van der Waals surface area contributed by atoms with Crippen molar-refractivity contribution in [3.8, 4) is 5.88 Å². The van der Waals surface area contributed by atoms with Crippen molar-refractivity contribution < 1.29 is 13.9 Å². The maximum absolute atomic E-state index is 13.4. The van der Waals surface area contributed by atoms with Crippen molar-refractivity contribution in [2.75, 3.05) is 20.2 Å². The number of allylic oxidation sites excluding steroid dienone is 1. The van der Waals surface area contributed by atoms with Gasteiger partial charge in [-0.15, -0.1) is 0 Å². The number of nitrogens with zero attached hydrogens (tertiary/aromatic N) is 3. The van der Waals surface area contributed by atoms with Crippen molar-refractivity contribution in [2.24, 2.45) is 17.5 Å². The molecule has 8 heteroatoms. The van der Waals surface area contributed by atoms with Gasteiger partial charge in [0.2, 0.25) is 5.88 Å². The molecule has 0 spiro atoms. The van der Waals surface area contributed by atoms with Crippen LogP contribution in [0.2, 0.25) is 0 Å². The predicted molar refractivity (Wildman–Crippen MR) is 109 cm³/mol. The van der Waals surface area contributed by atoms with Crippen LogP contribution in [0.4, 0.5) is 4.39 Å². The lowest BCUT2D eigenvalue weighted by Gasteiger charge is -2.16. The monoisotopic (exact) mass is 399 g/mol.